The number of hydrogen-bond donors (Lipinski definition) is 2. The van der Waals surface area contributed by atoms with Gasteiger partial charge in [0, 0.05) is 28.4 Å². The Balaban J connectivity index is 2.27. The molecule has 0 amide bonds. The van der Waals surface area contributed by atoms with Crippen LogP contribution in [0.1, 0.15) is 0 Å². The zero-order valence-electron chi connectivity index (χ0n) is 10.8. The van der Waals surface area contributed by atoms with Crippen molar-refractivity contribution in [1.82, 2.24) is 0 Å². The van der Waals surface area contributed by atoms with Gasteiger partial charge in [-0.2, -0.15) is 8.78 Å². The number of alkyl halides is 2. The minimum Gasteiger partial charge on any atom is -0.497 e. The number of para-hydroxylation sites is 1. The summed E-state index contributed by atoms with van der Waals surface area (Å²) in [5.74, 6) is -1.86. The summed E-state index contributed by atoms with van der Waals surface area (Å²) in [6.07, 6.45) is 0. The highest BCUT2D eigenvalue weighted by atomic mass is 32.2. The first-order valence-corrected chi connectivity index (χ1v) is 6.72. The summed E-state index contributed by atoms with van der Waals surface area (Å²) < 4.78 is 30.2. The number of benzene rings is 2. The number of methoxy groups -OCH3 is 1. The van der Waals surface area contributed by atoms with Crippen LogP contribution in [-0.4, -0.2) is 12.9 Å². The van der Waals surface area contributed by atoms with E-state index in [4.69, 9.17) is 10.5 Å². The largest absolute Gasteiger partial charge is 0.497 e. The SMILES string of the molecule is COc1cc(N)cc(Nc2ccccc2SC(F)F)c1. The Morgan fingerprint density at radius 3 is 2.65 bits per heavy atom. The van der Waals surface area contributed by atoms with Gasteiger partial charge in [0.1, 0.15) is 5.75 Å². The third-order valence-electron chi connectivity index (χ3n) is 2.55. The van der Waals surface area contributed by atoms with Gasteiger partial charge in [0.25, 0.3) is 5.76 Å². The molecule has 6 heteroatoms. The van der Waals surface area contributed by atoms with E-state index in [-0.39, 0.29) is 0 Å². The lowest BCUT2D eigenvalue weighted by atomic mass is 10.2. The molecule has 0 aliphatic heterocycles. The summed E-state index contributed by atoms with van der Waals surface area (Å²) in [5, 5.41) is 3.08. The molecular weight excluding hydrogens is 282 g/mol. The zero-order valence-corrected chi connectivity index (χ0v) is 11.6. The highest BCUT2D eigenvalue weighted by Gasteiger charge is 2.10. The van der Waals surface area contributed by atoms with E-state index in [1.807, 2.05) is 0 Å². The second-order valence-electron chi connectivity index (χ2n) is 3.99. The van der Waals surface area contributed by atoms with E-state index in [1.165, 1.54) is 0 Å². The van der Waals surface area contributed by atoms with Gasteiger partial charge in [-0.05, 0) is 18.2 Å². The molecule has 2 aromatic rings. The monoisotopic (exact) mass is 296 g/mol. The van der Waals surface area contributed by atoms with Crippen LogP contribution in [0.15, 0.2) is 47.4 Å². The Labute approximate surface area is 120 Å². The molecule has 0 spiro atoms. The molecule has 3 nitrogen and oxygen atoms in total. The maximum absolute atomic E-state index is 12.5. The van der Waals surface area contributed by atoms with E-state index in [9.17, 15) is 8.78 Å². The molecule has 0 aliphatic rings. The van der Waals surface area contributed by atoms with Gasteiger partial charge in [-0.15, -0.1) is 0 Å². The number of halogens is 2. The van der Waals surface area contributed by atoms with Crippen molar-refractivity contribution in [3.8, 4) is 5.75 Å². The third-order valence-corrected chi connectivity index (χ3v) is 3.33. The van der Waals surface area contributed by atoms with Gasteiger partial charge in [-0.1, -0.05) is 23.9 Å². The lowest BCUT2D eigenvalue weighted by molar-refractivity contribution is 0.252. The molecule has 0 aliphatic carbocycles. The van der Waals surface area contributed by atoms with Crippen LogP contribution in [-0.2, 0) is 0 Å². The van der Waals surface area contributed by atoms with Crippen LogP contribution in [0.4, 0.5) is 25.8 Å². The van der Waals surface area contributed by atoms with Crippen molar-refractivity contribution < 1.29 is 13.5 Å². The lowest BCUT2D eigenvalue weighted by Crippen LogP contribution is -1.96. The molecule has 0 unspecified atom stereocenters. The highest BCUT2D eigenvalue weighted by Crippen LogP contribution is 2.34. The molecule has 0 aromatic heterocycles. The predicted molar refractivity (Wildman–Crippen MR) is 79.0 cm³/mol. The zero-order chi connectivity index (χ0) is 14.5. The lowest BCUT2D eigenvalue weighted by Gasteiger charge is -2.13. The first-order valence-electron chi connectivity index (χ1n) is 5.84. The number of nitrogen functional groups attached to an aromatic ring is 1. The van der Waals surface area contributed by atoms with Gasteiger partial charge in [-0.25, -0.2) is 0 Å². The summed E-state index contributed by atoms with van der Waals surface area (Å²) in [5.41, 5.74) is 7.58. The summed E-state index contributed by atoms with van der Waals surface area (Å²) in [6.45, 7) is 0. The molecule has 0 saturated heterocycles. The summed E-state index contributed by atoms with van der Waals surface area (Å²) in [7, 11) is 1.54. The Bertz CT molecular complexity index is 593. The Kier molecular flexibility index (Phi) is 4.68. The Morgan fingerprint density at radius 2 is 1.95 bits per heavy atom. The summed E-state index contributed by atoms with van der Waals surface area (Å²) in [4.78, 5) is 0.476. The van der Waals surface area contributed by atoms with Crippen molar-refractivity contribution in [2.24, 2.45) is 0 Å². The quantitative estimate of drug-likeness (QED) is 0.636. The number of thioether (sulfide) groups is 1. The van der Waals surface area contributed by atoms with Crippen LogP contribution in [0.3, 0.4) is 0 Å². The molecule has 0 radical (unpaired) electrons. The maximum atomic E-state index is 12.5. The molecule has 2 aromatic carbocycles. The van der Waals surface area contributed by atoms with Crippen molar-refractivity contribution in [1.29, 1.82) is 0 Å². The van der Waals surface area contributed by atoms with Crippen LogP contribution in [0.5, 0.6) is 5.75 Å². The highest BCUT2D eigenvalue weighted by molar-refractivity contribution is 7.99. The average Bonchev–Trinajstić information content (AvgIpc) is 2.39. The molecule has 0 atom stereocenters. The van der Waals surface area contributed by atoms with Gasteiger partial charge in [0.15, 0.2) is 0 Å². The Hall–Kier alpha value is -1.95. The minimum atomic E-state index is -2.46. The number of nitrogens with two attached hydrogens (primary N) is 1. The molecule has 106 valence electrons. The number of anilines is 3. The first kappa shape index (κ1) is 14.5. The normalized spacial score (nSPS) is 10.6. The number of nitrogens with one attached hydrogen (secondary N) is 1. The average molecular weight is 296 g/mol. The van der Waals surface area contributed by atoms with E-state index in [2.05, 4.69) is 5.32 Å². The molecule has 3 N–H and O–H groups in total. The molecular formula is C14H14F2N2OS. The third kappa shape index (κ3) is 3.77. The van der Waals surface area contributed by atoms with E-state index >= 15 is 0 Å². The second kappa shape index (κ2) is 6.47. The van der Waals surface area contributed by atoms with Gasteiger partial charge in [0.05, 0.1) is 12.8 Å². The summed E-state index contributed by atoms with van der Waals surface area (Å²) in [6, 6.07) is 12.0. The van der Waals surface area contributed by atoms with Gasteiger partial charge >= 0.3 is 0 Å². The van der Waals surface area contributed by atoms with Crippen LogP contribution < -0.4 is 15.8 Å². The van der Waals surface area contributed by atoms with E-state index in [0.717, 1.165) is 0 Å². The fraction of sp³-hybridized carbons (Fsp3) is 0.143. The van der Waals surface area contributed by atoms with Crippen molar-refractivity contribution >= 4 is 28.8 Å². The van der Waals surface area contributed by atoms with Gasteiger partial charge < -0.3 is 15.8 Å². The maximum Gasteiger partial charge on any atom is 0.288 e. The van der Waals surface area contributed by atoms with Crippen LogP contribution in [0.25, 0.3) is 0 Å². The first-order chi connectivity index (χ1) is 9.58. The predicted octanol–water partition coefficient (Wildman–Crippen LogP) is 4.34. The van der Waals surface area contributed by atoms with Crippen LogP contribution in [0, 0.1) is 0 Å². The number of rotatable bonds is 5. The molecule has 0 bridgehead atoms. The molecule has 0 heterocycles. The van der Waals surface area contributed by atoms with Crippen LogP contribution >= 0.6 is 11.8 Å². The number of hydrogen-bond acceptors (Lipinski definition) is 4. The minimum absolute atomic E-state index is 0.476. The van der Waals surface area contributed by atoms with Gasteiger partial charge in [-0.3, -0.25) is 0 Å². The Morgan fingerprint density at radius 1 is 1.20 bits per heavy atom. The van der Waals surface area contributed by atoms with Crippen molar-refractivity contribution in [2.45, 2.75) is 10.7 Å². The van der Waals surface area contributed by atoms with E-state index < -0.39 is 5.76 Å². The standard InChI is InChI=1S/C14H14F2N2OS/c1-19-11-7-9(17)6-10(8-11)18-12-4-2-3-5-13(12)20-14(15)16/h2-8,14,18H,17H2,1H3. The van der Waals surface area contributed by atoms with Gasteiger partial charge in [0.2, 0.25) is 0 Å². The van der Waals surface area contributed by atoms with Crippen molar-refractivity contribution in [3.05, 3.63) is 42.5 Å². The summed E-state index contributed by atoms with van der Waals surface area (Å²) >= 11 is 0.500. The fourth-order valence-electron chi connectivity index (χ4n) is 1.74. The molecule has 20 heavy (non-hydrogen) atoms. The molecule has 2 rings (SSSR count). The van der Waals surface area contributed by atoms with E-state index in [1.54, 1.807) is 49.6 Å². The fourth-order valence-corrected chi connectivity index (χ4v) is 2.33. The topological polar surface area (TPSA) is 47.3 Å². The van der Waals surface area contributed by atoms with Crippen molar-refractivity contribution in [3.63, 3.8) is 0 Å². The smallest absolute Gasteiger partial charge is 0.288 e. The van der Waals surface area contributed by atoms with Crippen molar-refractivity contribution in [2.75, 3.05) is 18.2 Å². The molecule has 0 fully saturated rings. The van der Waals surface area contributed by atoms with Crippen LogP contribution in [0.2, 0.25) is 0 Å². The number of ether oxygens (including phenoxy) is 1. The molecule has 0 saturated carbocycles. The van der Waals surface area contributed by atoms with E-state index in [0.29, 0.717) is 39.5 Å². The second-order valence-corrected chi connectivity index (χ2v) is 5.03.